The van der Waals surface area contributed by atoms with Crippen LogP contribution < -0.4 is 14.5 Å². The van der Waals surface area contributed by atoms with E-state index in [1.165, 1.54) is 24.1 Å². The number of hydrogen-bond acceptors (Lipinski definition) is 6. The summed E-state index contributed by atoms with van der Waals surface area (Å²) in [5.74, 6) is 0.0474. The first-order chi connectivity index (χ1) is 18.7. The summed E-state index contributed by atoms with van der Waals surface area (Å²) in [6.45, 7) is 11.3. The van der Waals surface area contributed by atoms with Gasteiger partial charge in [0.15, 0.2) is 17.2 Å². The van der Waals surface area contributed by atoms with E-state index >= 15 is 4.39 Å². The van der Waals surface area contributed by atoms with Crippen molar-refractivity contribution in [1.82, 2.24) is 19.5 Å². The number of methoxy groups -OCH3 is 1. The van der Waals surface area contributed by atoms with Crippen molar-refractivity contribution in [2.45, 2.75) is 25.9 Å². The van der Waals surface area contributed by atoms with Crippen LogP contribution in [-0.2, 0) is 0 Å². The Morgan fingerprint density at radius 2 is 1.87 bits per heavy atom. The van der Waals surface area contributed by atoms with Crippen molar-refractivity contribution in [3.05, 3.63) is 87.9 Å². The van der Waals surface area contributed by atoms with Crippen LogP contribution in [0.15, 0.2) is 48.7 Å². The third-order valence-electron chi connectivity index (χ3n) is 6.51. The maximum atomic E-state index is 15.3. The maximum Gasteiger partial charge on any atom is 0.279 e. The molecule has 0 aliphatic carbocycles. The monoisotopic (exact) mass is 545 g/mol. The molecule has 39 heavy (non-hydrogen) atoms. The van der Waals surface area contributed by atoms with Crippen LogP contribution >= 0.6 is 11.6 Å². The minimum absolute atomic E-state index is 0.0397. The van der Waals surface area contributed by atoms with Gasteiger partial charge in [0.1, 0.15) is 11.9 Å². The summed E-state index contributed by atoms with van der Waals surface area (Å²) in [5, 5.41) is -0.0952. The van der Waals surface area contributed by atoms with Gasteiger partial charge in [-0.1, -0.05) is 41.9 Å². The van der Waals surface area contributed by atoms with Gasteiger partial charge in [-0.3, -0.25) is 9.69 Å². The van der Waals surface area contributed by atoms with Crippen LogP contribution in [-0.4, -0.2) is 46.6 Å². The Balaban J connectivity index is 1.78. The van der Waals surface area contributed by atoms with Crippen molar-refractivity contribution in [1.29, 1.82) is 0 Å². The number of benzene rings is 2. The quantitative estimate of drug-likeness (QED) is 0.273. The second-order valence-corrected chi connectivity index (χ2v) is 9.88. The lowest BCUT2D eigenvalue weighted by atomic mass is 10.0. The largest absolute Gasteiger partial charge is 0.480 e. The highest BCUT2D eigenvalue weighted by molar-refractivity contribution is 6.31. The van der Waals surface area contributed by atoms with Gasteiger partial charge in [-0.05, 0) is 31.5 Å². The van der Waals surface area contributed by atoms with Gasteiger partial charge in [0.25, 0.3) is 5.91 Å². The third kappa shape index (κ3) is 4.25. The van der Waals surface area contributed by atoms with Gasteiger partial charge < -0.3 is 14.2 Å². The molecular weight excluding hydrogens is 521 g/mol. The molecule has 2 aromatic heterocycles. The first-order valence-electron chi connectivity index (χ1n) is 12.1. The average Bonchev–Trinajstić information content (AvgIpc) is 3.45. The number of rotatable bonds is 6. The van der Waals surface area contributed by atoms with Crippen LogP contribution in [0.1, 0.15) is 47.7 Å². The highest BCUT2D eigenvalue weighted by atomic mass is 35.5. The Morgan fingerprint density at radius 3 is 2.49 bits per heavy atom. The first-order valence-corrected chi connectivity index (χ1v) is 12.5. The molecule has 0 N–H and O–H groups in total. The SMILES string of the molecule is [C-]#[N+]c1ccc(C2c3c(nc(-c4cnc(N(C)C)nc4OC)n3C(C)C)C(=O)N2c2cccc(Cl)c2F)cc1. The minimum atomic E-state index is -0.739. The predicted molar refractivity (Wildman–Crippen MR) is 147 cm³/mol. The van der Waals surface area contributed by atoms with Crippen molar-refractivity contribution in [3.63, 3.8) is 0 Å². The van der Waals surface area contributed by atoms with Crippen molar-refractivity contribution >= 4 is 34.8 Å². The van der Waals surface area contributed by atoms with Crippen LogP contribution in [0, 0.1) is 12.4 Å². The number of hydrogen-bond donors (Lipinski definition) is 0. The topological polar surface area (TPSA) is 80.7 Å². The number of fused-ring (bicyclic) bond motifs is 1. The summed E-state index contributed by atoms with van der Waals surface area (Å²) < 4.78 is 22.9. The highest BCUT2D eigenvalue weighted by Gasteiger charge is 2.46. The normalized spacial score (nSPS) is 14.5. The number of aromatic nitrogens is 4. The van der Waals surface area contributed by atoms with E-state index in [0.717, 1.165) is 0 Å². The van der Waals surface area contributed by atoms with Crippen LogP contribution in [0.25, 0.3) is 16.2 Å². The van der Waals surface area contributed by atoms with Gasteiger partial charge in [0, 0.05) is 26.3 Å². The van der Waals surface area contributed by atoms with E-state index in [-0.39, 0.29) is 22.4 Å². The van der Waals surface area contributed by atoms with Gasteiger partial charge >= 0.3 is 0 Å². The molecule has 198 valence electrons. The molecule has 0 bridgehead atoms. The lowest BCUT2D eigenvalue weighted by Crippen LogP contribution is -2.31. The summed E-state index contributed by atoms with van der Waals surface area (Å²) >= 11 is 6.12. The van der Waals surface area contributed by atoms with E-state index in [1.807, 2.05) is 32.5 Å². The number of amides is 1. The number of ether oxygens (including phenoxy) is 1. The van der Waals surface area contributed by atoms with Gasteiger partial charge in [0.2, 0.25) is 11.8 Å². The Labute approximate surface area is 230 Å². The molecule has 3 heterocycles. The van der Waals surface area contributed by atoms with Crippen molar-refractivity contribution in [3.8, 4) is 17.3 Å². The molecule has 0 fully saturated rings. The smallest absolute Gasteiger partial charge is 0.279 e. The molecule has 4 aromatic rings. The molecule has 9 nitrogen and oxygen atoms in total. The van der Waals surface area contributed by atoms with Gasteiger partial charge in [0.05, 0.1) is 35.6 Å². The molecule has 0 spiro atoms. The maximum absolute atomic E-state index is 15.3. The number of nitrogens with zero attached hydrogens (tertiary/aromatic N) is 7. The van der Waals surface area contributed by atoms with Crippen LogP contribution in [0.2, 0.25) is 5.02 Å². The molecule has 1 amide bonds. The van der Waals surface area contributed by atoms with Gasteiger partial charge in [-0.2, -0.15) is 4.98 Å². The van der Waals surface area contributed by atoms with E-state index in [4.69, 9.17) is 27.9 Å². The minimum Gasteiger partial charge on any atom is -0.480 e. The Hall–Kier alpha value is -4.49. The Kier molecular flexibility index (Phi) is 6.70. The van der Waals surface area contributed by atoms with Crippen molar-refractivity contribution in [2.75, 3.05) is 31.0 Å². The zero-order valence-electron chi connectivity index (χ0n) is 22.0. The molecule has 1 aliphatic heterocycles. The van der Waals surface area contributed by atoms with E-state index in [1.54, 1.807) is 41.4 Å². The van der Waals surface area contributed by atoms with Crippen molar-refractivity contribution in [2.24, 2.45) is 0 Å². The van der Waals surface area contributed by atoms with E-state index < -0.39 is 17.8 Å². The molecule has 5 rings (SSSR count). The second-order valence-electron chi connectivity index (χ2n) is 9.47. The number of anilines is 2. The number of carbonyl (C=O) groups excluding carboxylic acids is 1. The second kappa shape index (κ2) is 10.0. The molecule has 0 saturated heterocycles. The summed E-state index contributed by atoms with van der Waals surface area (Å²) in [6, 6.07) is 10.5. The molecule has 2 aromatic carbocycles. The third-order valence-corrected chi connectivity index (χ3v) is 6.80. The summed E-state index contributed by atoms with van der Waals surface area (Å²) in [4.78, 5) is 34.3. The van der Waals surface area contributed by atoms with Crippen molar-refractivity contribution < 1.29 is 13.9 Å². The van der Waals surface area contributed by atoms with E-state index in [2.05, 4.69) is 14.8 Å². The molecule has 0 saturated carbocycles. The highest BCUT2D eigenvalue weighted by Crippen LogP contribution is 2.46. The average molecular weight is 546 g/mol. The van der Waals surface area contributed by atoms with Crippen LogP contribution in [0.3, 0.4) is 0 Å². The molecule has 1 atom stereocenters. The summed E-state index contributed by atoms with van der Waals surface area (Å²) in [5.41, 5.74) is 2.45. The molecule has 1 aliphatic rings. The summed E-state index contributed by atoms with van der Waals surface area (Å²) in [7, 11) is 5.16. The lowest BCUT2D eigenvalue weighted by molar-refractivity contribution is 0.0988. The fraction of sp³-hybridized carbons (Fsp3) is 0.250. The molecule has 0 radical (unpaired) electrons. The Bertz CT molecular complexity index is 1630. The van der Waals surface area contributed by atoms with E-state index in [0.29, 0.717) is 40.2 Å². The number of carbonyl (C=O) groups is 1. The zero-order chi connectivity index (χ0) is 28.0. The zero-order valence-corrected chi connectivity index (χ0v) is 22.7. The molecular formula is C28H25ClFN7O2. The van der Waals surface area contributed by atoms with Crippen LogP contribution in [0.5, 0.6) is 5.88 Å². The first kappa shape index (κ1) is 26.1. The number of imidazole rings is 1. The summed E-state index contributed by atoms with van der Waals surface area (Å²) in [6.07, 6.45) is 1.62. The van der Waals surface area contributed by atoms with Gasteiger partial charge in [-0.25, -0.2) is 19.2 Å². The van der Waals surface area contributed by atoms with Gasteiger partial charge in [-0.15, -0.1) is 0 Å². The fourth-order valence-electron chi connectivity index (χ4n) is 4.78. The molecule has 11 heteroatoms. The van der Waals surface area contributed by atoms with E-state index in [9.17, 15) is 4.79 Å². The predicted octanol–water partition coefficient (Wildman–Crippen LogP) is 6.09. The fourth-order valence-corrected chi connectivity index (χ4v) is 4.95. The standard InChI is InChI=1S/C28H25ClFN7O2/c1-15(2)36-24-22(33-25(36)18-14-32-28(35(4)5)34-26(18)39-6)27(38)37(20-9-7-8-19(29)21(20)30)23(24)16-10-12-17(31-3)13-11-16/h7-15,23H,1-2,4-6H3. The molecule has 1 unspecified atom stereocenters. The van der Waals surface area contributed by atoms with Crippen LogP contribution in [0.4, 0.5) is 21.7 Å². The Morgan fingerprint density at radius 1 is 1.15 bits per heavy atom. The number of halogens is 2. The lowest BCUT2D eigenvalue weighted by Gasteiger charge is -2.29.